The molecular weight excluding hydrogens is 339 g/mol. The highest BCUT2D eigenvalue weighted by Crippen LogP contribution is 2.30. The Morgan fingerprint density at radius 2 is 2.00 bits per heavy atom. The van der Waals surface area contributed by atoms with E-state index in [1.54, 1.807) is 13.8 Å². The van der Waals surface area contributed by atoms with Crippen molar-refractivity contribution in [1.29, 1.82) is 0 Å². The van der Waals surface area contributed by atoms with Crippen molar-refractivity contribution in [1.82, 2.24) is 14.7 Å². The Morgan fingerprint density at radius 3 is 2.52 bits per heavy atom. The molecule has 0 radical (unpaired) electrons. The first-order valence-corrected chi connectivity index (χ1v) is 7.80. The lowest BCUT2D eigenvalue weighted by Crippen LogP contribution is -2.41. The minimum Gasteiger partial charge on any atom is -0.480 e. The van der Waals surface area contributed by atoms with E-state index in [2.05, 4.69) is 10.3 Å². The predicted octanol–water partition coefficient (Wildman–Crippen LogP) is 2.90. The van der Waals surface area contributed by atoms with E-state index in [0.717, 1.165) is 16.7 Å². The van der Waals surface area contributed by atoms with Crippen molar-refractivity contribution in [2.75, 3.05) is 0 Å². The number of alkyl halides is 3. The molecule has 9 heteroatoms. The monoisotopic (exact) mass is 357 g/mol. The quantitative estimate of drug-likeness (QED) is 0.833. The number of hydrogen-bond acceptors (Lipinski definition) is 3. The van der Waals surface area contributed by atoms with Crippen LogP contribution in [0.15, 0.2) is 18.3 Å². The number of carbonyl (C=O) groups excluding carboxylic acids is 1. The molecule has 0 aromatic carbocycles. The number of halogens is 3. The van der Waals surface area contributed by atoms with Crippen molar-refractivity contribution >= 4 is 17.5 Å². The molecule has 0 bridgehead atoms. The van der Waals surface area contributed by atoms with Crippen LogP contribution in [0.3, 0.4) is 0 Å². The standard InChI is InChI=1S/C16H18F3N3O3/c1-3-5-11(15(24)25)21-14(23)13-10(4-2)20-12-7-6-9(8-22(12)13)16(17,18)19/h6-8,11H,3-5H2,1-2H3,(H,21,23)(H,24,25). The van der Waals surface area contributed by atoms with Crippen molar-refractivity contribution in [3.8, 4) is 0 Å². The predicted molar refractivity (Wildman–Crippen MR) is 83.4 cm³/mol. The molecule has 1 atom stereocenters. The molecule has 2 aromatic rings. The molecule has 6 nitrogen and oxygen atoms in total. The van der Waals surface area contributed by atoms with Crippen LogP contribution in [0, 0.1) is 0 Å². The number of amides is 1. The number of imidazole rings is 1. The van der Waals surface area contributed by atoms with Gasteiger partial charge in [0.05, 0.1) is 11.3 Å². The van der Waals surface area contributed by atoms with Gasteiger partial charge < -0.3 is 10.4 Å². The molecule has 2 N–H and O–H groups in total. The molecule has 136 valence electrons. The second-order valence-corrected chi connectivity index (χ2v) is 5.56. The summed E-state index contributed by atoms with van der Waals surface area (Å²) in [6, 6.07) is 0.957. The molecule has 2 aromatic heterocycles. The van der Waals surface area contributed by atoms with E-state index < -0.39 is 29.7 Å². The van der Waals surface area contributed by atoms with Crippen LogP contribution in [0.4, 0.5) is 13.2 Å². The molecule has 2 rings (SSSR count). The number of aliphatic carboxylic acids is 1. The topological polar surface area (TPSA) is 83.7 Å². The van der Waals surface area contributed by atoms with E-state index in [1.165, 1.54) is 6.07 Å². The fourth-order valence-electron chi connectivity index (χ4n) is 2.52. The summed E-state index contributed by atoms with van der Waals surface area (Å²) in [6.45, 7) is 3.48. The third-order valence-electron chi connectivity index (χ3n) is 3.75. The number of rotatable bonds is 6. The number of pyridine rings is 1. The molecule has 1 unspecified atom stereocenters. The van der Waals surface area contributed by atoms with E-state index in [1.807, 2.05) is 0 Å². The molecule has 0 saturated heterocycles. The zero-order valence-corrected chi connectivity index (χ0v) is 13.7. The average Bonchev–Trinajstić information content (AvgIpc) is 2.91. The van der Waals surface area contributed by atoms with Crippen molar-refractivity contribution in [2.24, 2.45) is 0 Å². The minimum atomic E-state index is -4.57. The number of aryl methyl sites for hydroxylation is 1. The summed E-state index contributed by atoms with van der Waals surface area (Å²) in [4.78, 5) is 27.9. The lowest BCUT2D eigenvalue weighted by Gasteiger charge is -2.14. The zero-order valence-electron chi connectivity index (χ0n) is 13.7. The molecule has 25 heavy (non-hydrogen) atoms. The van der Waals surface area contributed by atoms with Crippen LogP contribution in [0.2, 0.25) is 0 Å². The van der Waals surface area contributed by atoms with Gasteiger partial charge in [-0.15, -0.1) is 0 Å². The number of aromatic nitrogens is 2. The number of carboxylic acids is 1. The third kappa shape index (κ3) is 3.92. The van der Waals surface area contributed by atoms with Gasteiger partial charge >= 0.3 is 12.1 Å². The van der Waals surface area contributed by atoms with E-state index in [4.69, 9.17) is 5.11 Å². The van der Waals surface area contributed by atoms with Crippen molar-refractivity contribution < 1.29 is 27.9 Å². The summed E-state index contributed by atoms with van der Waals surface area (Å²) in [6.07, 6.45) is -2.70. The molecule has 0 saturated carbocycles. The number of hydrogen-bond donors (Lipinski definition) is 2. The Kier molecular flexibility index (Phi) is 5.34. The Labute approximate surface area is 141 Å². The number of carbonyl (C=O) groups is 2. The summed E-state index contributed by atoms with van der Waals surface area (Å²) in [5.41, 5.74) is -0.502. The number of nitrogens with one attached hydrogen (secondary N) is 1. The van der Waals surface area contributed by atoms with Gasteiger partial charge in [0.15, 0.2) is 0 Å². The Balaban J connectivity index is 2.50. The van der Waals surface area contributed by atoms with Gasteiger partial charge in [-0.2, -0.15) is 13.2 Å². The van der Waals surface area contributed by atoms with E-state index in [9.17, 15) is 22.8 Å². The summed E-state index contributed by atoms with van der Waals surface area (Å²) < 4.78 is 39.9. The Hall–Kier alpha value is -2.58. The van der Waals surface area contributed by atoms with Crippen LogP contribution >= 0.6 is 0 Å². The second-order valence-electron chi connectivity index (χ2n) is 5.56. The van der Waals surface area contributed by atoms with Crippen LogP contribution in [-0.2, 0) is 17.4 Å². The molecule has 2 heterocycles. The number of fused-ring (bicyclic) bond motifs is 1. The largest absolute Gasteiger partial charge is 0.480 e. The summed E-state index contributed by atoms with van der Waals surface area (Å²) >= 11 is 0. The van der Waals surface area contributed by atoms with Crippen molar-refractivity contribution in [3.05, 3.63) is 35.3 Å². The second kappa shape index (κ2) is 7.12. The zero-order chi connectivity index (χ0) is 18.8. The first-order valence-electron chi connectivity index (χ1n) is 7.80. The molecular formula is C16H18F3N3O3. The molecule has 0 spiro atoms. The first-order chi connectivity index (χ1) is 11.7. The summed E-state index contributed by atoms with van der Waals surface area (Å²) in [5.74, 6) is -1.96. The average molecular weight is 357 g/mol. The lowest BCUT2D eigenvalue weighted by atomic mass is 10.1. The summed E-state index contributed by atoms with van der Waals surface area (Å²) in [5, 5.41) is 11.5. The highest BCUT2D eigenvalue weighted by Gasteiger charge is 2.32. The summed E-state index contributed by atoms with van der Waals surface area (Å²) in [7, 11) is 0. The third-order valence-corrected chi connectivity index (χ3v) is 3.75. The van der Waals surface area contributed by atoms with Gasteiger partial charge in [0.2, 0.25) is 0 Å². The fourth-order valence-corrected chi connectivity index (χ4v) is 2.52. The van der Waals surface area contributed by atoms with E-state index >= 15 is 0 Å². The minimum absolute atomic E-state index is 0.0778. The lowest BCUT2D eigenvalue weighted by molar-refractivity contribution is -0.139. The van der Waals surface area contributed by atoms with Crippen LogP contribution in [0.5, 0.6) is 0 Å². The van der Waals surface area contributed by atoms with Crippen LogP contribution < -0.4 is 5.32 Å². The van der Waals surface area contributed by atoms with Gasteiger partial charge in [0.1, 0.15) is 17.4 Å². The number of nitrogens with zero attached hydrogens (tertiary/aromatic N) is 2. The van der Waals surface area contributed by atoms with Gasteiger partial charge in [-0.1, -0.05) is 20.3 Å². The Bertz CT molecular complexity index is 799. The van der Waals surface area contributed by atoms with Crippen LogP contribution in [0.1, 0.15) is 48.4 Å². The first kappa shape index (κ1) is 18.8. The Morgan fingerprint density at radius 1 is 1.32 bits per heavy atom. The highest BCUT2D eigenvalue weighted by atomic mass is 19.4. The molecule has 1 amide bonds. The van der Waals surface area contributed by atoms with E-state index in [-0.39, 0.29) is 17.8 Å². The fraction of sp³-hybridized carbons (Fsp3) is 0.438. The van der Waals surface area contributed by atoms with Gasteiger partial charge in [-0.25, -0.2) is 9.78 Å². The SMILES string of the molecule is CCCC(NC(=O)c1c(CC)nc2ccc(C(F)(F)F)cn12)C(=O)O. The van der Waals surface area contributed by atoms with Gasteiger partial charge in [0, 0.05) is 6.20 Å². The van der Waals surface area contributed by atoms with Crippen LogP contribution in [0.25, 0.3) is 5.65 Å². The number of carboxylic acid groups (broad SMARTS) is 1. The van der Waals surface area contributed by atoms with Crippen molar-refractivity contribution in [3.63, 3.8) is 0 Å². The highest BCUT2D eigenvalue weighted by molar-refractivity contribution is 5.97. The van der Waals surface area contributed by atoms with Gasteiger partial charge in [-0.05, 0) is 25.0 Å². The smallest absolute Gasteiger partial charge is 0.417 e. The maximum absolute atomic E-state index is 12.9. The van der Waals surface area contributed by atoms with E-state index in [0.29, 0.717) is 18.5 Å². The molecule has 0 aliphatic heterocycles. The van der Waals surface area contributed by atoms with Gasteiger partial charge in [-0.3, -0.25) is 9.20 Å². The normalized spacial score (nSPS) is 13.0. The van der Waals surface area contributed by atoms with Crippen LogP contribution in [-0.4, -0.2) is 32.4 Å². The molecule has 0 aliphatic carbocycles. The molecule has 0 aliphatic rings. The molecule has 0 fully saturated rings. The van der Waals surface area contributed by atoms with Crippen molar-refractivity contribution in [2.45, 2.75) is 45.3 Å². The maximum Gasteiger partial charge on any atom is 0.417 e. The van der Waals surface area contributed by atoms with Gasteiger partial charge in [0.25, 0.3) is 5.91 Å². The maximum atomic E-state index is 12.9.